The lowest BCUT2D eigenvalue weighted by Gasteiger charge is -2.03. The first-order valence-corrected chi connectivity index (χ1v) is 9.19. The van der Waals surface area contributed by atoms with Crippen molar-refractivity contribution in [1.29, 1.82) is 0 Å². The standard InChI is InChI=1S/C21H20N4O5/c1-28-15-3-5-18-17(8-15)13(9-22-18)7-20(26)24-14-10-23-25(11-14)12-16-4-6-19(30-16)21(27)29-2/h3-6,8-11,22H,7,12H2,1-2H3,(H,24,26). The predicted octanol–water partition coefficient (Wildman–Crippen LogP) is 2.98. The van der Waals surface area contributed by atoms with Crippen LogP contribution in [0.4, 0.5) is 5.69 Å². The molecule has 1 amide bonds. The molecular weight excluding hydrogens is 388 g/mol. The number of benzene rings is 1. The summed E-state index contributed by atoms with van der Waals surface area (Å²) in [6.07, 6.45) is 5.28. The number of furan rings is 1. The van der Waals surface area contributed by atoms with Crippen LogP contribution in [0.1, 0.15) is 21.9 Å². The molecule has 2 N–H and O–H groups in total. The van der Waals surface area contributed by atoms with Gasteiger partial charge in [-0.3, -0.25) is 9.48 Å². The Labute approximate surface area is 171 Å². The van der Waals surface area contributed by atoms with E-state index in [1.165, 1.54) is 7.11 Å². The molecule has 154 valence electrons. The topological polar surface area (TPSA) is 111 Å². The van der Waals surface area contributed by atoms with Crippen LogP contribution in [0, 0.1) is 0 Å². The number of carbonyl (C=O) groups is 2. The lowest BCUT2D eigenvalue weighted by Crippen LogP contribution is -2.13. The Balaban J connectivity index is 1.39. The Hall–Kier alpha value is -4.01. The molecule has 0 aliphatic heterocycles. The first-order chi connectivity index (χ1) is 14.6. The number of anilines is 1. The highest BCUT2D eigenvalue weighted by molar-refractivity contribution is 5.95. The van der Waals surface area contributed by atoms with Gasteiger partial charge in [0.25, 0.3) is 0 Å². The molecule has 0 spiro atoms. The van der Waals surface area contributed by atoms with Crippen LogP contribution in [0.5, 0.6) is 5.75 Å². The Bertz CT molecular complexity index is 1200. The third-order valence-electron chi connectivity index (χ3n) is 4.61. The number of amides is 1. The molecule has 30 heavy (non-hydrogen) atoms. The molecule has 0 saturated heterocycles. The van der Waals surface area contributed by atoms with Gasteiger partial charge in [0.1, 0.15) is 11.5 Å². The van der Waals surface area contributed by atoms with E-state index in [-0.39, 0.29) is 18.1 Å². The molecule has 3 heterocycles. The summed E-state index contributed by atoms with van der Waals surface area (Å²) < 4.78 is 16.9. The fourth-order valence-electron chi connectivity index (χ4n) is 3.16. The monoisotopic (exact) mass is 408 g/mol. The number of hydrogen-bond donors (Lipinski definition) is 2. The number of methoxy groups -OCH3 is 2. The van der Waals surface area contributed by atoms with E-state index in [2.05, 4.69) is 20.1 Å². The summed E-state index contributed by atoms with van der Waals surface area (Å²) >= 11 is 0. The minimum absolute atomic E-state index is 0.128. The number of fused-ring (bicyclic) bond motifs is 1. The zero-order valence-corrected chi connectivity index (χ0v) is 16.5. The molecule has 9 heteroatoms. The number of nitrogens with zero attached hydrogens (tertiary/aromatic N) is 2. The summed E-state index contributed by atoms with van der Waals surface area (Å²) in [7, 11) is 2.90. The molecule has 4 rings (SSSR count). The fraction of sp³-hybridized carbons (Fsp3) is 0.190. The average Bonchev–Trinajstić information content (AvgIpc) is 3.48. The van der Waals surface area contributed by atoms with Crippen molar-refractivity contribution < 1.29 is 23.5 Å². The minimum atomic E-state index is -0.537. The van der Waals surface area contributed by atoms with Gasteiger partial charge in [0, 0.05) is 23.3 Å². The van der Waals surface area contributed by atoms with Crippen molar-refractivity contribution in [2.75, 3.05) is 19.5 Å². The third-order valence-corrected chi connectivity index (χ3v) is 4.61. The van der Waals surface area contributed by atoms with Gasteiger partial charge in [0.05, 0.1) is 39.1 Å². The smallest absolute Gasteiger partial charge is 0.373 e. The molecule has 0 aliphatic carbocycles. The zero-order chi connectivity index (χ0) is 21.1. The van der Waals surface area contributed by atoms with Gasteiger partial charge in [0.15, 0.2) is 0 Å². The maximum absolute atomic E-state index is 12.5. The van der Waals surface area contributed by atoms with Gasteiger partial charge < -0.3 is 24.2 Å². The van der Waals surface area contributed by atoms with Crippen LogP contribution in [0.15, 0.2) is 53.3 Å². The summed E-state index contributed by atoms with van der Waals surface area (Å²) in [5.41, 5.74) is 2.38. The van der Waals surface area contributed by atoms with E-state index < -0.39 is 5.97 Å². The van der Waals surface area contributed by atoms with Crippen LogP contribution in [0.3, 0.4) is 0 Å². The van der Waals surface area contributed by atoms with Crippen LogP contribution in [0.2, 0.25) is 0 Å². The van der Waals surface area contributed by atoms with E-state index in [0.29, 0.717) is 18.0 Å². The van der Waals surface area contributed by atoms with E-state index >= 15 is 0 Å². The first-order valence-electron chi connectivity index (χ1n) is 9.19. The largest absolute Gasteiger partial charge is 0.497 e. The highest BCUT2D eigenvalue weighted by Gasteiger charge is 2.13. The highest BCUT2D eigenvalue weighted by atomic mass is 16.5. The Morgan fingerprint density at radius 1 is 1.23 bits per heavy atom. The summed E-state index contributed by atoms with van der Waals surface area (Å²) in [6, 6.07) is 8.91. The van der Waals surface area contributed by atoms with Crippen LogP contribution in [-0.2, 0) is 22.5 Å². The van der Waals surface area contributed by atoms with E-state index in [1.807, 2.05) is 24.4 Å². The van der Waals surface area contributed by atoms with Crippen LogP contribution in [-0.4, -0.2) is 40.9 Å². The van der Waals surface area contributed by atoms with Crippen molar-refractivity contribution in [2.24, 2.45) is 0 Å². The van der Waals surface area contributed by atoms with Crippen molar-refractivity contribution >= 4 is 28.5 Å². The number of aromatic nitrogens is 3. The number of H-pyrrole nitrogens is 1. The number of aromatic amines is 1. The number of rotatable bonds is 7. The van der Waals surface area contributed by atoms with E-state index in [4.69, 9.17) is 9.15 Å². The van der Waals surface area contributed by atoms with Gasteiger partial charge >= 0.3 is 5.97 Å². The quantitative estimate of drug-likeness (QED) is 0.455. The molecular formula is C21H20N4O5. The molecule has 0 unspecified atom stereocenters. The fourth-order valence-corrected chi connectivity index (χ4v) is 3.16. The van der Waals surface area contributed by atoms with Crippen LogP contribution < -0.4 is 10.1 Å². The van der Waals surface area contributed by atoms with Crippen LogP contribution >= 0.6 is 0 Å². The summed E-state index contributed by atoms with van der Waals surface area (Å²) in [5, 5.41) is 8.00. The van der Waals surface area contributed by atoms with Crippen LogP contribution in [0.25, 0.3) is 10.9 Å². The van der Waals surface area contributed by atoms with Crippen molar-refractivity contribution in [1.82, 2.24) is 14.8 Å². The van der Waals surface area contributed by atoms with E-state index in [9.17, 15) is 9.59 Å². The predicted molar refractivity (Wildman–Crippen MR) is 109 cm³/mol. The molecule has 3 aromatic heterocycles. The number of carbonyl (C=O) groups excluding carboxylic acids is 2. The lowest BCUT2D eigenvalue weighted by atomic mass is 10.1. The normalized spacial score (nSPS) is 10.9. The van der Waals surface area contributed by atoms with Gasteiger partial charge in [-0.1, -0.05) is 0 Å². The molecule has 9 nitrogen and oxygen atoms in total. The SMILES string of the molecule is COC(=O)c1ccc(Cn2cc(NC(=O)Cc3c[nH]c4ccc(OC)cc34)cn2)o1. The second-order valence-electron chi connectivity index (χ2n) is 6.63. The molecule has 1 aromatic carbocycles. The Morgan fingerprint density at radius 2 is 2.10 bits per heavy atom. The number of esters is 1. The van der Waals surface area contributed by atoms with Gasteiger partial charge in [-0.15, -0.1) is 0 Å². The molecule has 4 aromatic rings. The number of hydrogen-bond acceptors (Lipinski definition) is 6. The third kappa shape index (κ3) is 4.04. The lowest BCUT2D eigenvalue weighted by molar-refractivity contribution is -0.115. The van der Waals surface area contributed by atoms with Gasteiger partial charge in [0.2, 0.25) is 11.7 Å². The molecule has 0 bridgehead atoms. The maximum atomic E-state index is 12.5. The molecule has 0 fully saturated rings. The van der Waals surface area contributed by atoms with Crippen molar-refractivity contribution in [3.05, 3.63) is 66.0 Å². The molecule has 0 atom stereocenters. The second-order valence-corrected chi connectivity index (χ2v) is 6.63. The summed E-state index contributed by atoms with van der Waals surface area (Å²) in [5.74, 6) is 0.708. The number of nitrogens with one attached hydrogen (secondary N) is 2. The summed E-state index contributed by atoms with van der Waals surface area (Å²) in [4.78, 5) is 27.1. The molecule has 0 aliphatic rings. The maximum Gasteiger partial charge on any atom is 0.373 e. The Morgan fingerprint density at radius 3 is 2.90 bits per heavy atom. The number of ether oxygens (including phenoxy) is 2. The molecule has 0 saturated carbocycles. The van der Waals surface area contributed by atoms with Crippen molar-refractivity contribution in [3.8, 4) is 5.75 Å². The van der Waals surface area contributed by atoms with Gasteiger partial charge in [-0.05, 0) is 35.9 Å². The second kappa shape index (κ2) is 8.16. The average molecular weight is 408 g/mol. The van der Waals surface area contributed by atoms with Crippen molar-refractivity contribution in [2.45, 2.75) is 13.0 Å². The highest BCUT2D eigenvalue weighted by Crippen LogP contribution is 2.24. The van der Waals surface area contributed by atoms with Gasteiger partial charge in [-0.25, -0.2) is 4.79 Å². The van der Waals surface area contributed by atoms with E-state index in [1.54, 1.807) is 36.3 Å². The molecule has 0 radical (unpaired) electrons. The zero-order valence-electron chi connectivity index (χ0n) is 16.5. The van der Waals surface area contributed by atoms with Crippen molar-refractivity contribution in [3.63, 3.8) is 0 Å². The minimum Gasteiger partial charge on any atom is -0.497 e. The summed E-state index contributed by atoms with van der Waals surface area (Å²) in [6.45, 7) is 0.315. The first kappa shape index (κ1) is 19.3. The Kier molecular flexibility index (Phi) is 5.25. The van der Waals surface area contributed by atoms with E-state index in [0.717, 1.165) is 22.2 Å². The van der Waals surface area contributed by atoms with Gasteiger partial charge in [-0.2, -0.15) is 5.10 Å².